The molecule has 1 aliphatic heterocycles. The monoisotopic (exact) mass is 399 g/mol. The van der Waals surface area contributed by atoms with Gasteiger partial charge in [-0.2, -0.15) is 0 Å². The number of aryl methyl sites for hydroxylation is 2. The predicted molar refractivity (Wildman–Crippen MR) is 118 cm³/mol. The van der Waals surface area contributed by atoms with Crippen LogP contribution in [0.15, 0.2) is 59.3 Å². The van der Waals surface area contributed by atoms with E-state index < -0.39 is 0 Å². The molecule has 1 fully saturated rings. The third-order valence-corrected chi connectivity index (χ3v) is 6.02. The maximum atomic E-state index is 13.0. The Morgan fingerprint density at radius 2 is 1.97 bits per heavy atom. The lowest BCUT2D eigenvalue weighted by Gasteiger charge is -2.32. The standard InChI is InChI=1S/C25H25N3O2/c1-16-5-7-21-20(14-16)23(18-9-11-26-12-10-18)24(27-21)19-4-3-13-28(15-19)25(29)22-8-6-17(2)30-22/h5-12,14,19,27H,3-4,13,15H2,1-2H3. The van der Waals surface area contributed by atoms with Gasteiger partial charge in [-0.25, -0.2) is 0 Å². The number of likely N-dealkylation sites (tertiary alicyclic amines) is 1. The Kier molecular flexibility index (Phi) is 4.66. The van der Waals surface area contributed by atoms with Crippen molar-refractivity contribution in [2.75, 3.05) is 13.1 Å². The zero-order chi connectivity index (χ0) is 20.7. The van der Waals surface area contributed by atoms with Gasteiger partial charge in [0.1, 0.15) is 5.76 Å². The summed E-state index contributed by atoms with van der Waals surface area (Å²) in [6.45, 7) is 5.43. The number of H-pyrrole nitrogens is 1. The van der Waals surface area contributed by atoms with Crippen LogP contribution >= 0.6 is 0 Å². The van der Waals surface area contributed by atoms with E-state index in [0.29, 0.717) is 12.3 Å². The zero-order valence-corrected chi connectivity index (χ0v) is 17.3. The molecule has 1 aliphatic rings. The van der Waals surface area contributed by atoms with Crippen LogP contribution in [0.3, 0.4) is 0 Å². The molecule has 0 radical (unpaired) electrons. The second kappa shape index (κ2) is 7.48. The molecule has 0 aliphatic carbocycles. The molecule has 4 heterocycles. The highest BCUT2D eigenvalue weighted by molar-refractivity contribution is 5.98. The Balaban J connectivity index is 1.55. The number of amides is 1. The van der Waals surface area contributed by atoms with Gasteiger partial charge < -0.3 is 14.3 Å². The van der Waals surface area contributed by atoms with Crippen molar-refractivity contribution in [2.24, 2.45) is 0 Å². The summed E-state index contributed by atoms with van der Waals surface area (Å²) < 4.78 is 5.59. The Morgan fingerprint density at radius 3 is 2.73 bits per heavy atom. The summed E-state index contributed by atoms with van der Waals surface area (Å²) in [5, 5.41) is 1.22. The van der Waals surface area contributed by atoms with Gasteiger partial charge in [-0.3, -0.25) is 9.78 Å². The molecule has 3 aromatic heterocycles. The van der Waals surface area contributed by atoms with Gasteiger partial charge in [0.15, 0.2) is 5.76 Å². The largest absolute Gasteiger partial charge is 0.456 e. The maximum Gasteiger partial charge on any atom is 0.289 e. The fourth-order valence-corrected chi connectivity index (χ4v) is 4.56. The van der Waals surface area contributed by atoms with E-state index >= 15 is 0 Å². The van der Waals surface area contributed by atoms with Crippen LogP contribution in [0.1, 0.15) is 46.3 Å². The van der Waals surface area contributed by atoms with Crippen LogP contribution in [0.4, 0.5) is 0 Å². The Bertz CT molecular complexity index is 1210. The minimum atomic E-state index is -0.0229. The van der Waals surface area contributed by atoms with Crippen molar-refractivity contribution in [2.45, 2.75) is 32.6 Å². The minimum Gasteiger partial charge on any atom is -0.456 e. The first-order chi connectivity index (χ1) is 14.6. The topological polar surface area (TPSA) is 62.1 Å². The average Bonchev–Trinajstić information content (AvgIpc) is 3.37. The molecular formula is C25H25N3O2. The molecule has 0 spiro atoms. The lowest BCUT2D eigenvalue weighted by Crippen LogP contribution is -2.39. The number of pyridine rings is 1. The smallest absolute Gasteiger partial charge is 0.289 e. The number of aromatic nitrogens is 2. The number of rotatable bonds is 3. The van der Waals surface area contributed by atoms with Gasteiger partial charge in [0.2, 0.25) is 0 Å². The summed E-state index contributed by atoms with van der Waals surface area (Å²) in [6, 6.07) is 14.3. The van der Waals surface area contributed by atoms with E-state index in [9.17, 15) is 4.79 Å². The number of piperidine rings is 1. The van der Waals surface area contributed by atoms with Crippen LogP contribution in [0, 0.1) is 13.8 Å². The second-order valence-corrected chi connectivity index (χ2v) is 8.20. The van der Waals surface area contributed by atoms with Gasteiger partial charge in [0, 0.05) is 53.6 Å². The lowest BCUT2D eigenvalue weighted by molar-refractivity contribution is 0.0672. The quantitative estimate of drug-likeness (QED) is 0.498. The molecule has 0 saturated carbocycles. The molecule has 4 aromatic rings. The second-order valence-electron chi connectivity index (χ2n) is 8.20. The molecule has 5 rings (SSSR count). The number of furan rings is 1. The highest BCUT2D eigenvalue weighted by atomic mass is 16.3. The van der Waals surface area contributed by atoms with Crippen LogP contribution in [-0.4, -0.2) is 33.9 Å². The molecule has 1 unspecified atom stereocenters. The van der Waals surface area contributed by atoms with E-state index in [2.05, 4.69) is 47.2 Å². The number of carbonyl (C=O) groups is 1. The molecule has 5 heteroatoms. The third kappa shape index (κ3) is 3.30. The van der Waals surface area contributed by atoms with Crippen molar-refractivity contribution < 1.29 is 9.21 Å². The van der Waals surface area contributed by atoms with Crippen LogP contribution in [0.5, 0.6) is 0 Å². The van der Waals surface area contributed by atoms with Gasteiger partial charge in [-0.1, -0.05) is 11.6 Å². The van der Waals surface area contributed by atoms with Crippen LogP contribution in [0.2, 0.25) is 0 Å². The fraction of sp³-hybridized carbons (Fsp3) is 0.280. The number of hydrogen-bond donors (Lipinski definition) is 1. The molecular weight excluding hydrogens is 374 g/mol. The fourth-order valence-electron chi connectivity index (χ4n) is 4.56. The molecule has 1 saturated heterocycles. The van der Waals surface area contributed by atoms with Gasteiger partial charge in [0.25, 0.3) is 5.91 Å². The number of fused-ring (bicyclic) bond motifs is 1. The molecule has 1 amide bonds. The van der Waals surface area contributed by atoms with Gasteiger partial charge in [-0.05, 0) is 68.7 Å². The number of nitrogens with zero attached hydrogens (tertiary/aromatic N) is 2. The highest BCUT2D eigenvalue weighted by Gasteiger charge is 2.30. The molecule has 30 heavy (non-hydrogen) atoms. The molecule has 1 N–H and O–H groups in total. The highest BCUT2D eigenvalue weighted by Crippen LogP contribution is 2.39. The Morgan fingerprint density at radius 1 is 1.13 bits per heavy atom. The number of benzene rings is 1. The van der Waals surface area contributed by atoms with Crippen molar-refractivity contribution >= 4 is 16.8 Å². The van der Waals surface area contributed by atoms with Crippen LogP contribution in [0.25, 0.3) is 22.0 Å². The Labute approximate surface area is 175 Å². The van der Waals surface area contributed by atoms with Crippen molar-refractivity contribution in [1.29, 1.82) is 0 Å². The zero-order valence-electron chi connectivity index (χ0n) is 17.3. The molecule has 1 aromatic carbocycles. The third-order valence-electron chi connectivity index (χ3n) is 6.02. The summed E-state index contributed by atoms with van der Waals surface area (Å²) >= 11 is 0. The van der Waals surface area contributed by atoms with E-state index in [4.69, 9.17) is 4.42 Å². The van der Waals surface area contributed by atoms with E-state index in [-0.39, 0.29) is 11.8 Å². The van der Waals surface area contributed by atoms with E-state index in [1.807, 2.05) is 30.3 Å². The van der Waals surface area contributed by atoms with Gasteiger partial charge in [-0.15, -0.1) is 0 Å². The van der Waals surface area contributed by atoms with Crippen molar-refractivity contribution in [3.05, 3.63) is 77.6 Å². The molecule has 1 atom stereocenters. The normalized spacial score (nSPS) is 16.9. The summed E-state index contributed by atoms with van der Waals surface area (Å²) in [5.41, 5.74) is 5.95. The van der Waals surface area contributed by atoms with E-state index in [1.165, 1.54) is 22.2 Å². The summed E-state index contributed by atoms with van der Waals surface area (Å²) in [4.78, 5) is 22.8. The van der Waals surface area contributed by atoms with Gasteiger partial charge in [0.05, 0.1) is 0 Å². The first-order valence-corrected chi connectivity index (χ1v) is 10.5. The Hall–Kier alpha value is -3.34. The summed E-state index contributed by atoms with van der Waals surface area (Å²) in [5.74, 6) is 1.41. The van der Waals surface area contributed by atoms with Crippen molar-refractivity contribution in [3.63, 3.8) is 0 Å². The molecule has 0 bridgehead atoms. The van der Waals surface area contributed by atoms with Crippen molar-refractivity contribution in [3.8, 4) is 11.1 Å². The summed E-state index contributed by atoms with van der Waals surface area (Å²) in [7, 11) is 0. The SMILES string of the molecule is Cc1ccc2[nH]c(C3CCCN(C(=O)c4ccc(C)o4)C3)c(-c3ccncc3)c2c1. The number of nitrogens with one attached hydrogen (secondary N) is 1. The van der Waals surface area contributed by atoms with E-state index in [0.717, 1.165) is 36.2 Å². The van der Waals surface area contributed by atoms with Crippen molar-refractivity contribution in [1.82, 2.24) is 14.9 Å². The lowest BCUT2D eigenvalue weighted by atomic mass is 9.89. The molecule has 152 valence electrons. The summed E-state index contributed by atoms with van der Waals surface area (Å²) in [6.07, 6.45) is 5.69. The first-order valence-electron chi connectivity index (χ1n) is 10.5. The van der Waals surface area contributed by atoms with Crippen LogP contribution < -0.4 is 0 Å². The first kappa shape index (κ1) is 18.7. The van der Waals surface area contributed by atoms with E-state index in [1.54, 1.807) is 6.07 Å². The van der Waals surface area contributed by atoms with Gasteiger partial charge >= 0.3 is 0 Å². The van der Waals surface area contributed by atoms with Crippen LogP contribution in [-0.2, 0) is 0 Å². The number of aromatic amines is 1. The minimum absolute atomic E-state index is 0.0229. The number of hydrogen-bond acceptors (Lipinski definition) is 3. The average molecular weight is 399 g/mol. The molecule has 5 nitrogen and oxygen atoms in total. The maximum absolute atomic E-state index is 13.0. The predicted octanol–water partition coefficient (Wildman–Crippen LogP) is 5.46. The number of carbonyl (C=O) groups excluding carboxylic acids is 1.